The minimum absolute atomic E-state index is 0. The van der Waals surface area contributed by atoms with Gasteiger partial charge in [-0.2, -0.15) is 0 Å². The van der Waals surface area contributed by atoms with Gasteiger partial charge in [-0.1, -0.05) is 6.92 Å². The number of amides is 1. The maximum Gasteiger partial charge on any atom is 0.239 e. The van der Waals surface area contributed by atoms with E-state index in [4.69, 9.17) is 4.42 Å². The monoisotopic (exact) mass is 477 g/mol. The lowest BCUT2D eigenvalue weighted by molar-refractivity contribution is -0.120. The van der Waals surface area contributed by atoms with Crippen LogP contribution in [0.25, 0.3) is 0 Å². The molecule has 1 aliphatic heterocycles. The summed E-state index contributed by atoms with van der Waals surface area (Å²) >= 11 is 0. The SMILES string of the molecule is CN=C(NCCCN1CCC(C)CC1)NCC(=O)NCc1ccco1.I. The summed E-state index contributed by atoms with van der Waals surface area (Å²) in [5.41, 5.74) is 0. The maximum atomic E-state index is 11.8. The van der Waals surface area contributed by atoms with Crippen LogP contribution < -0.4 is 16.0 Å². The van der Waals surface area contributed by atoms with Crippen molar-refractivity contribution in [3.63, 3.8) is 0 Å². The number of nitrogens with zero attached hydrogens (tertiary/aromatic N) is 2. The average molecular weight is 477 g/mol. The van der Waals surface area contributed by atoms with Crippen LogP contribution in [-0.2, 0) is 11.3 Å². The second-order valence-electron chi connectivity index (χ2n) is 6.59. The Morgan fingerprint density at radius 3 is 2.73 bits per heavy atom. The molecule has 0 bridgehead atoms. The van der Waals surface area contributed by atoms with Crippen LogP contribution >= 0.6 is 24.0 Å². The third-order valence-electron chi connectivity index (χ3n) is 4.50. The largest absolute Gasteiger partial charge is 0.467 e. The standard InChI is InChI=1S/C18H31N5O2.HI/c1-15-6-10-23(11-7-15)9-4-8-20-18(19-2)22-14-17(24)21-13-16-5-3-12-25-16;/h3,5,12,15H,4,6-11,13-14H2,1-2H3,(H,21,24)(H2,19,20,22);1H. The Morgan fingerprint density at radius 1 is 1.31 bits per heavy atom. The molecule has 0 spiro atoms. The van der Waals surface area contributed by atoms with Gasteiger partial charge in [0.15, 0.2) is 5.96 Å². The van der Waals surface area contributed by atoms with E-state index >= 15 is 0 Å². The molecular formula is C18H32IN5O2. The van der Waals surface area contributed by atoms with Gasteiger partial charge in [0.2, 0.25) is 5.91 Å². The molecule has 1 amide bonds. The molecule has 2 heterocycles. The molecule has 8 heteroatoms. The molecule has 0 atom stereocenters. The van der Waals surface area contributed by atoms with Gasteiger partial charge in [-0.25, -0.2) is 0 Å². The average Bonchev–Trinajstić information content (AvgIpc) is 3.14. The van der Waals surface area contributed by atoms with Crippen LogP contribution in [0.5, 0.6) is 0 Å². The predicted molar refractivity (Wildman–Crippen MR) is 115 cm³/mol. The Bertz CT molecular complexity index is 528. The van der Waals surface area contributed by atoms with Crippen molar-refractivity contribution in [2.24, 2.45) is 10.9 Å². The summed E-state index contributed by atoms with van der Waals surface area (Å²) in [7, 11) is 1.71. The predicted octanol–water partition coefficient (Wildman–Crippen LogP) is 1.80. The third kappa shape index (κ3) is 8.88. The van der Waals surface area contributed by atoms with E-state index in [1.807, 2.05) is 6.07 Å². The molecule has 1 aromatic heterocycles. The van der Waals surface area contributed by atoms with E-state index < -0.39 is 0 Å². The lowest BCUT2D eigenvalue weighted by Crippen LogP contribution is -2.43. The van der Waals surface area contributed by atoms with Gasteiger partial charge in [0.05, 0.1) is 19.4 Å². The van der Waals surface area contributed by atoms with Crippen LogP contribution in [0.2, 0.25) is 0 Å². The Morgan fingerprint density at radius 2 is 2.08 bits per heavy atom. The quantitative estimate of drug-likeness (QED) is 0.230. The summed E-state index contributed by atoms with van der Waals surface area (Å²) in [6.45, 7) is 7.30. The van der Waals surface area contributed by atoms with E-state index in [9.17, 15) is 4.79 Å². The molecule has 1 saturated heterocycles. The number of furan rings is 1. The number of guanidine groups is 1. The van der Waals surface area contributed by atoms with Gasteiger partial charge < -0.3 is 25.3 Å². The molecule has 1 aromatic rings. The minimum Gasteiger partial charge on any atom is -0.467 e. The van der Waals surface area contributed by atoms with Gasteiger partial charge in [0.1, 0.15) is 5.76 Å². The third-order valence-corrected chi connectivity index (χ3v) is 4.50. The fraction of sp³-hybridized carbons (Fsp3) is 0.667. The zero-order valence-corrected chi connectivity index (χ0v) is 18.1. The first kappa shape index (κ1) is 22.8. The van der Waals surface area contributed by atoms with Crippen LogP contribution in [0.1, 0.15) is 31.9 Å². The summed E-state index contributed by atoms with van der Waals surface area (Å²) < 4.78 is 5.18. The first-order valence-electron chi connectivity index (χ1n) is 9.13. The van der Waals surface area contributed by atoms with Crippen molar-refractivity contribution in [2.45, 2.75) is 32.7 Å². The van der Waals surface area contributed by atoms with E-state index in [-0.39, 0.29) is 36.4 Å². The number of halogens is 1. The first-order chi connectivity index (χ1) is 12.2. The van der Waals surface area contributed by atoms with Crippen LogP contribution in [0.15, 0.2) is 27.8 Å². The lowest BCUT2D eigenvalue weighted by atomic mass is 9.99. The molecule has 26 heavy (non-hydrogen) atoms. The first-order valence-corrected chi connectivity index (χ1v) is 9.13. The van der Waals surface area contributed by atoms with Crippen molar-refractivity contribution in [3.8, 4) is 0 Å². The molecule has 0 saturated carbocycles. The van der Waals surface area contributed by atoms with Crippen molar-refractivity contribution in [1.82, 2.24) is 20.9 Å². The van der Waals surface area contributed by atoms with Crippen molar-refractivity contribution in [3.05, 3.63) is 24.2 Å². The zero-order chi connectivity index (χ0) is 17.9. The highest BCUT2D eigenvalue weighted by Gasteiger charge is 2.14. The Labute approximate surface area is 173 Å². The normalized spacial score (nSPS) is 16.0. The molecule has 0 aliphatic carbocycles. The lowest BCUT2D eigenvalue weighted by Gasteiger charge is -2.30. The highest BCUT2D eigenvalue weighted by molar-refractivity contribution is 14.0. The van der Waals surface area contributed by atoms with Crippen molar-refractivity contribution >= 4 is 35.8 Å². The fourth-order valence-corrected chi connectivity index (χ4v) is 2.84. The number of hydrogen-bond acceptors (Lipinski definition) is 4. The fourth-order valence-electron chi connectivity index (χ4n) is 2.84. The molecule has 0 radical (unpaired) electrons. The number of piperidine rings is 1. The number of hydrogen-bond donors (Lipinski definition) is 3. The Hall–Kier alpha value is -1.29. The second kappa shape index (κ2) is 13.0. The van der Waals surface area contributed by atoms with Crippen molar-refractivity contribution in [1.29, 1.82) is 0 Å². The summed E-state index contributed by atoms with van der Waals surface area (Å²) in [6.07, 6.45) is 5.28. The molecule has 148 valence electrons. The topological polar surface area (TPSA) is 81.9 Å². The smallest absolute Gasteiger partial charge is 0.239 e. The van der Waals surface area contributed by atoms with E-state index in [1.165, 1.54) is 25.9 Å². The van der Waals surface area contributed by atoms with Crippen LogP contribution in [0.3, 0.4) is 0 Å². The number of rotatable bonds is 8. The van der Waals surface area contributed by atoms with E-state index in [2.05, 4.69) is 32.8 Å². The van der Waals surface area contributed by atoms with E-state index in [0.29, 0.717) is 12.5 Å². The molecule has 0 unspecified atom stereocenters. The van der Waals surface area contributed by atoms with Crippen LogP contribution in [-0.4, -0.2) is 56.5 Å². The number of aliphatic imine (C=N–C) groups is 1. The summed E-state index contributed by atoms with van der Waals surface area (Å²) in [6, 6.07) is 3.63. The van der Waals surface area contributed by atoms with Crippen molar-refractivity contribution < 1.29 is 9.21 Å². The molecule has 3 N–H and O–H groups in total. The molecule has 7 nitrogen and oxygen atoms in total. The van der Waals surface area contributed by atoms with Crippen LogP contribution in [0, 0.1) is 5.92 Å². The van der Waals surface area contributed by atoms with Gasteiger partial charge in [0, 0.05) is 13.6 Å². The van der Waals surface area contributed by atoms with Gasteiger partial charge in [0.25, 0.3) is 0 Å². The Balaban J connectivity index is 0.00000338. The van der Waals surface area contributed by atoms with Crippen molar-refractivity contribution in [2.75, 3.05) is 39.8 Å². The van der Waals surface area contributed by atoms with Gasteiger partial charge in [-0.3, -0.25) is 9.79 Å². The molecule has 2 rings (SSSR count). The number of carbonyl (C=O) groups excluding carboxylic acids is 1. The van der Waals surface area contributed by atoms with E-state index in [1.54, 1.807) is 19.4 Å². The molecule has 0 aromatic carbocycles. The number of likely N-dealkylation sites (tertiary alicyclic amines) is 1. The highest BCUT2D eigenvalue weighted by Crippen LogP contribution is 2.15. The van der Waals surface area contributed by atoms with Crippen LogP contribution in [0.4, 0.5) is 0 Å². The summed E-state index contributed by atoms with van der Waals surface area (Å²) in [5.74, 6) is 2.17. The zero-order valence-electron chi connectivity index (χ0n) is 15.8. The second-order valence-corrected chi connectivity index (χ2v) is 6.59. The van der Waals surface area contributed by atoms with E-state index in [0.717, 1.165) is 31.2 Å². The number of nitrogens with one attached hydrogen (secondary N) is 3. The highest BCUT2D eigenvalue weighted by atomic mass is 127. The number of carbonyl (C=O) groups is 1. The van der Waals surface area contributed by atoms with Gasteiger partial charge in [-0.15, -0.1) is 24.0 Å². The Kier molecular flexibility index (Phi) is 11.3. The summed E-state index contributed by atoms with van der Waals surface area (Å²) in [5, 5.41) is 9.08. The maximum absolute atomic E-state index is 11.8. The molecule has 1 aliphatic rings. The van der Waals surface area contributed by atoms with Gasteiger partial charge in [-0.05, 0) is 56.9 Å². The molecular weight excluding hydrogens is 445 g/mol. The molecule has 1 fully saturated rings. The summed E-state index contributed by atoms with van der Waals surface area (Å²) in [4.78, 5) is 18.5. The minimum atomic E-state index is -0.0956. The van der Waals surface area contributed by atoms with Gasteiger partial charge >= 0.3 is 0 Å².